The molecule has 1 fully saturated rings. The first-order valence-electron chi connectivity index (χ1n) is 3.18. The summed E-state index contributed by atoms with van der Waals surface area (Å²) >= 11 is 0. The van der Waals surface area contributed by atoms with E-state index in [1.54, 1.807) is 0 Å². The molecular weight excluding hydrogens is 120 g/mol. The van der Waals surface area contributed by atoms with Crippen LogP contribution in [-0.2, 0) is 4.74 Å². The van der Waals surface area contributed by atoms with E-state index >= 15 is 0 Å². The van der Waals surface area contributed by atoms with E-state index in [2.05, 4.69) is 0 Å². The molecule has 1 aliphatic rings. The van der Waals surface area contributed by atoms with Crippen molar-refractivity contribution in [3.63, 3.8) is 0 Å². The van der Waals surface area contributed by atoms with Crippen LogP contribution in [0, 0.1) is 0 Å². The van der Waals surface area contributed by atoms with Gasteiger partial charge in [-0.15, -0.1) is 0 Å². The van der Waals surface area contributed by atoms with Crippen molar-refractivity contribution in [3.05, 3.63) is 0 Å². The molecule has 0 spiro atoms. The minimum absolute atomic E-state index is 0.0779. The van der Waals surface area contributed by atoms with Crippen LogP contribution in [0.2, 0.25) is 0 Å². The van der Waals surface area contributed by atoms with Gasteiger partial charge in [-0.05, 0) is 6.92 Å². The molecule has 3 unspecified atom stereocenters. The fourth-order valence-electron chi connectivity index (χ4n) is 1.10. The van der Waals surface area contributed by atoms with E-state index in [1.165, 1.54) is 0 Å². The van der Waals surface area contributed by atoms with Crippen molar-refractivity contribution in [2.75, 3.05) is 6.61 Å². The first-order valence-corrected chi connectivity index (χ1v) is 3.18. The summed E-state index contributed by atoms with van der Waals surface area (Å²) in [6, 6.07) is 0. The quantitative estimate of drug-likeness (QED) is 0.506. The van der Waals surface area contributed by atoms with Gasteiger partial charge >= 0.3 is 0 Å². The second kappa shape index (κ2) is 2.64. The Morgan fingerprint density at radius 1 is 1.67 bits per heavy atom. The van der Waals surface area contributed by atoms with E-state index in [9.17, 15) is 0 Å². The van der Waals surface area contributed by atoms with Gasteiger partial charge in [-0.1, -0.05) is 0 Å². The van der Waals surface area contributed by atoms with Crippen LogP contribution in [0.25, 0.3) is 0 Å². The summed E-state index contributed by atoms with van der Waals surface area (Å²) in [6.07, 6.45) is -0.0762. The molecule has 1 saturated heterocycles. The van der Waals surface area contributed by atoms with E-state index < -0.39 is 6.10 Å². The maximum absolute atomic E-state index is 9.07. The predicted molar refractivity (Wildman–Crippen MR) is 32.0 cm³/mol. The fourth-order valence-corrected chi connectivity index (χ4v) is 1.10. The van der Waals surface area contributed by atoms with E-state index in [0.29, 0.717) is 6.42 Å². The van der Waals surface area contributed by atoms with Crippen LogP contribution in [0.1, 0.15) is 13.3 Å². The van der Waals surface area contributed by atoms with Crippen LogP contribution < -0.4 is 0 Å². The van der Waals surface area contributed by atoms with Crippen LogP contribution in [0.4, 0.5) is 0 Å². The van der Waals surface area contributed by atoms with E-state index in [-0.39, 0.29) is 18.8 Å². The summed E-state index contributed by atoms with van der Waals surface area (Å²) in [7, 11) is 0. The van der Waals surface area contributed by atoms with Gasteiger partial charge < -0.3 is 14.9 Å². The largest absolute Gasteiger partial charge is 0.394 e. The third-order valence-corrected chi connectivity index (χ3v) is 1.59. The van der Waals surface area contributed by atoms with Gasteiger partial charge in [0.05, 0.1) is 18.8 Å². The summed E-state index contributed by atoms with van der Waals surface area (Å²) < 4.78 is 5.12. The highest BCUT2D eigenvalue weighted by atomic mass is 16.5. The number of aliphatic hydroxyl groups is 2. The fraction of sp³-hybridized carbons (Fsp3) is 1.00. The lowest BCUT2D eigenvalue weighted by Gasteiger charge is -2.08. The molecule has 0 radical (unpaired) electrons. The van der Waals surface area contributed by atoms with Crippen LogP contribution in [0.3, 0.4) is 0 Å². The van der Waals surface area contributed by atoms with E-state index in [0.717, 1.165) is 0 Å². The third kappa shape index (κ3) is 1.41. The molecule has 54 valence electrons. The lowest BCUT2D eigenvalue weighted by atomic mass is 10.1. The predicted octanol–water partition coefficient (Wildman–Crippen LogP) is -0.483. The van der Waals surface area contributed by atoms with Crippen LogP contribution in [0.5, 0.6) is 0 Å². The van der Waals surface area contributed by atoms with Crippen molar-refractivity contribution in [1.82, 2.24) is 0 Å². The minimum Gasteiger partial charge on any atom is -0.394 e. The molecule has 9 heavy (non-hydrogen) atoms. The second-order valence-corrected chi connectivity index (χ2v) is 2.47. The van der Waals surface area contributed by atoms with Gasteiger partial charge in [-0.3, -0.25) is 0 Å². The summed E-state index contributed by atoms with van der Waals surface area (Å²) in [5.74, 6) is 0. The van der Waals surface area contributed by atoms with Crippen molar-refractivity contribution in [2.24, 2.45) is 0 Å². The van der Waals surface area contributed by atoms with Crippen molar-refractivity contribution in [2.45, 2.75) is 31.7 Å². The number of hydrogen-bond acceptors (Lipinski definition) is 3. The van der Waals surface area contributed by atoms with Gasteiger partial charge in [0.25, 0.3) is 0 Å². The SMILES string of the molecule is CC1CC(O)C(CO)O1. The molecule has 1 aliphatic heterocycles. The molecule has 1 heterocycles. The van der Waals surface area contributed by atoms with Crippen molar-refractivity contribution < 1.29 is 14.9 Å². The molecule has 1 rings (SSSR count). The zero-order chi connectivity index (χ0) is 6.85. The first kappa shape index (κ1) is 6.99. The molecule has 3 atom stereocenters. The van der Waals surface area contributed by atoms with Gasteiger partial charge in [0.2, 0.25) is 0 Å². The van der Waals surface area contributed by atoms with Crippen LogP contribution >= 0.6 is 0 Å². The summed E-state index contributed by atoms with van der Waals surface area (Å²) in [5.41, 5.74) is 0. The summed E-state index contributed by atoms with van der Waals surface area (Å²) in [6.45, 7) is 1.81. The maximum Gasteiger partial charge on any atom is 0.107 e. The highest BCUT2D eigenvalue weighted by Crippen LogP contribution is 2.18. The molecule has 0 saturated carbocycles. The molecule has 0 aromatic rings. The van der Waals surface area contributed by atoms with Crippen LogP contribution in [0.15, 0.2) is 0 Å². The monoisotopic (exact) mass is 132 g/mol. The number of rotatable bonds is 1. The Morgan fingerprint density at radius 3 is 2.56 bits per heavy atom. The van der Waals surface area contributed by atoms with Gasteiger partial charge in [0.1, 0.15) is 6.10 Å². The van der Waals surface area contributed by atoms with E-state index in [4.69, 9.17) is 14.9 Å². The average molecular weight is 132 g/mol. The highest BCUT2D eigenvalue weighted by Gasteiger charge is 2.30. The Balaban J connectivity index is 2.38. The van der Waals surface area contributed by atoms with Crippen molar-refractivity contribution in [3.8, 4) is 0 Å². The van der Waals surface area contributed by atoms with E-state index in [1.807, 2.05) is 6.92 Å². The average Bonchev–Trinajstić information content (AvgIpc) is 2.10. The molecular formula is C6H12O3. The number of ether oxygens (including phenoxy) is 1. The Kier molecular flexibility index (Phi) is 2.05. The Morgan fingerprint density at radius 2 is 2.33 bits per heavy atom. The Bertz CT molecular complexity index is 94.3. The number of aliphatic hydroxyl groups excluding tert-OH is 2. The lowest BCUT2D eigenvalue weighted by molar-refractivity contribution is -0.0170. The highest BCUT2D eigenvalue weighted by molar-refractivity contribution is 4.78. The van der Waals surface area contributed by atoms with Crippen molar-refractivity contribution in [1.29, 1.82) is 0 Å². The van der Waals surface area contributed by atoms with Gasteiger partial charge in [0, 0.05) is 6.42 Å². The molecule has 0 amide bonds. The standard InChI is InChI=1S/C6H12O3/c1-4-2-5(8)6(3-7)9-4/h4-8H,2-3H2,1H3. The van der Waals surface area contributed by atoms with Crippen molar-refractivity contribution >= 4 is 0 Å². The normalized spacial score (nSPS) is 43.7. The molecule has 2 N–H and O–H groups in total. The second-order valence-electron chi connectivity index (χ2n) is 2.47. The first-order chi connectivity index (χ1) is 4.24. The zero-order valence-electron chi connectivity index (χ0n) is 5.45. The smallest absolute Gasteiger partial charge is 0.107 e. The molecule has 0 bridgehead atoms. The van der Waals surface area contributed by atoms with Gasteiger partial charge in [-0.25, -0.2) is 0 Å². The minimum atomic E-state index is -0.468. The van der Waals surface area contributed by atoms with Gasteiger partial charge in [0.15, 0.2) is 0 Å². The third-order valence-electron chi connectivity index (χ3n) is 1.59. The Hall–Kier alpha value is -0.120. The van der Waals surface area contributed by atoms with Crippen LogP contribution in [-0.4, -0.2) is 35.1 Å². The summed E-state index contributed by atoms with van der Waals surface area (Å²) in [5, 5.41) is 17.6. The zero-order valence-corrected chi connectivity index (χ0v) is 5.45. The maximum atomic E-state index is 9.07. The lowest BCUT2D eigenvalue weighted by Crippen LogP contribution is -2.24. The summed E-state index contributed by atoms with van der Waals surface area (Å²) in [4.78, 5) is 0. The van der Waals surface area contributed by atoms with Gasteiger partial charge in [-0.2, -0.15) is 0 Å². The number of hydrogen-bond donors (Lipinski definition) is 2. The molecule has 3 heteroatoms. The Labute approximate surface area is 54.3 Å². The molecule has 0 aliphatic carbocycles. The molecule has 0 aromatic heterocycles. The topological polar surface area (TPSA) is 49.7 Å². The molecule has 3 nitrogen and oxygen atoms in total. The molecule has 0 aromatic carbocycles.